The molecule has 5 heteroatoms. The van der Waals surface area contributed by atoms with Crippen molar-refractivity contribution < 1.29 is 9.59 Å². The predicted octanol–water partition coefficient (Wildman–Crippen LogP) is 3.94. The fourth-order valence-corrected chi connectivity index (χ4v) is 3.47. The van der Waals surface area contributed by atoms with Crippen molar-refractivity contribution in [1.82, 2.24) is 10.2 Å². The van der Waals surface area contributed by atoms with Crippen LogP contribution in [0.15, 0.2) is 24.3 Å². The first-order valence-corrected chi connectivity index (χ1v) is 10.1. The Hall–Kier alpha value is -1.88. The molecule has 0 heterocycles. The molecular weight excluding hydrogens is 338 g/mol. The van der Waals surface area contributed by atoms with E-state index in [1.807, 2.05) is 39.0 Å². The SMILES string of the molecule is CN(Cc1ccccc1NC(=O)CCNC(=O)C(C)(C)C)C1CCCCC1. The van der Waals surface area contributed by atoms with Crippen molar-refractivity contribution in [3.8, 4) is 0 Å². The van der Waals surface area contributed by atoms with E-state index in [0.717, 1.165) is 17.8 Å². The number of nitrogens with zero attached hydrogens (tertiary/aromatic N) is 1. The molecule has 1 aromatic rings. The van der Waals surface area contributed by atoms with Gasteiger partial charge in [0, 0.05) is 36.7 Å². The minimum absolute atomic E-state index is 0.0372. The van der Waals surface area contributed by atoms with Gasteiger partial charge in [0.25, 0.3) is 0 Å². The van der Waals surface area contributed by atoms with Crippen LogP contribution in [0.4, 0.5) is 5.69 Å². The number of para-hydroxylation sites is 1. The lowest BCUT2D eigenvalue weighted by molar-refractivity contribution is -0.128. The average molecular weight is 374 g/mol. The molecule has 5 nitrogen and oxygen atoms in total. The molecule has 1 saturated carbocycles. The highest BCUT2D eigenvalue weighted by atomic mass is 16.2. The molecule has 0 bridgehead atoms. The number of anilines is 1. The lowest BCUT2D eigenvalue weighted by atomic mass is 9.94. The minimum Gasteiger partial charge on any atom is -0.355 e. The monoisotopic (exact) mass is 373 g/mol. The van der Waals surface area contributed by atoms with E-state index in [-0.39, 0.29) is 18.2 Å². The van der Waals surface area contributed by atoms with Crippen molar-refractivity contribution in [3.63, 3.8) is 0 Å². The molecule has 0 unspecified atom stereocenters. The normalized spacial score (nSPS) is 15.6. The molecule has 27 heavy (non-hydrogen) atoms. The number of rotatable bonds is 7. The van der Waals surface area contributed by atoms with Crippen LogP contribution in [0.1, 0.15) is 64.9 Å². The number of hydrogen-bond donors (Lipinski definition) is 2. The van der Waals surface area contributed by atoms with Crippen LogP contribution >= 0.6 is 0 Å². The minimum atomic E-state index is -0.438. The van der Waals surface area contributed by atoms with Crippen molar-refractivity contribution in [2.75, 3.05) is 18.9 Å². The van der Waals surface area contributed by atoms with E-state index in [2.05, 4.69) is 28.6 Å². The summed E-state index contributed by atoms with van der Waals surface area (Å²) in [5.41, 5.74) is 1.57. The van der Waals surface area contributed by atoms with Gasteiger partial charge in [-0.05, 0) is 31.5 Å². The maximum atomic E-state index is 12.3. The summed E-state index contributed by atoms with van der Waals surface area (Å²) in [6, 6.07) is 8.63. The molecule has 1 fully saturated rings. The van der Waals surface area contributed by atoms with E-state index in [1.165, 1.54) is 32.1 Å². The van der Waals surface area contributed by atoms with Gasteiger partial charge in [-0.3, -0.25) is 14.5 Å². The summed E-state index contributed by atoms with van der Waals surface area (Å²) < 4.78 is 0. The second kappa shape index (κ2) is 9.88. The lowest BCUT2D eigenvalue weighted by Gasteiger charge is -2.31. The Kier molecular flexibility index (Phi) is 7.84. The number of amides is 2. The van der Waals surface area contributed by atoms with Crippen molar-refractivity contribution in [1.29, 1.82) is 0 Å². The van der Waals surface area contributed by atoms with Gasteiger partial charge in [-0.15, -0.1) is 0 Å². The molecule has 0 atom stereocenters. The molecular formula is C22H35N3O2. The third-order valence-corrected chi connectivity index (χ3v) is 5.23. The highest BCUT2D eigenvalue weighted by Crippen LogP contribution is 2.25. The van der Waals surface area contributed by atoms with E-state index < -0.39 is 5.41 Å². The quantitative estimate of drug-likeness (QED) is 0.761. The van der Waals surface area contributed by atoms with E-state index in [0.29, 0.717) is 12.6 Å². The largest absolute Gasteiger partial charge is 0.355 e. The zero-order chi connectivity index (χ0) is 19.9. The average Bonchev–Trinajstić information content (AvgIpc) is 2.63. The number of hydrogen-bond acceptors (Lipinski definition) is 3. The van der Waals surface area contributed by atoms with Crippen LogP contribution in [-0.4, -0.2) is 36.3 Å². The maximum absolute atomic E-state index is 12.3. The van der Waals surface area contributed by atoms with Gasteiger partial charge < -0.3 is 10.6 Å². The van der Waals surface area contributed by atoms with Crippen molar-refractivity contribution in [3.05, 3.63) is 29.8 Å². The molecule has 2 rings (SSSR count). The molecule has 0 saturated heterocycles. The maximum Gasteiger partial charge on any atom is 0.226 e. The molecule has 0 spiro atoms. The number of carbonyl (C=O) groups is 2. The molecule has 2 N–H and O–H groups in total. The van der Waals surface area contributed by atoms with Gasteiger partial charge in [0.2, 0.25) is 11.8 Å². The summed E-state index contributed by atoms with van der Waals surface area (Å²) >= 11 is 0. The third kappa shape index (κ3) is 6.98. The first-order chi connectivity index (χ1) is 12.8. The summed E-state index contributed by atoms with van der Waals surface area (Å²) in [6.07, 6.45) is 6.77. The molecule has 0 aromatic heterocycles. The smallest absolute Gasteiger partial charge is 0.226 e. The van der Waals surface area contributed by atoms with Crippen LogP contribution in [0, 0.1) is 5.41 Å². The summed E-state index contributed by atoms with van der Waals surface area (Å²) in [5.74, 6) is -0.109. The second-order valence-electron chi connectivity index (χ2n) is 8.67. The number of carbonyl (C=O) groups excluding carboxylic acids is 2. The van der Waals surface area contributed by atoms with E-state index in [9.17, 15) is 9.59 Å². The topological polar surface area (TPSA) is 61.4 Å². The summed E-state index contributed by atoms with van der Waals surface area (Å²) in [5, 5.41) is 5.84. The Morgan fingerprint density at radius 2 is 1.78 bits per heavy atom. The zero-order valence-electron chi connectivity index (χ0n) is 17.3. The molecule has 1 aliphatic rings. The molecule has 1 aliphatic carbocycles. The Balaban J connectivity index is 1.87. The van der Waals surface area contributed by atoms with Crippen LogP contribution < -0.4 is 10.6 Å². The van der Waals surface area contributed by atoms with Crippen LogP contribution in [0.3, 0.4) is 0 Å². The summed E-state index contributed by atoms with van der Waals surface area (Å²) in [7, 11) is 2.18. The molecule has 1 aromatic carbocycles. The lowest BCUT2D eigenvalue weighted by Crippen LogP contribution is -2.36. The predicted molar refractivity (Wildman–Crippen MR) is 110 cm³/mol. The van der Waals surface area contributed by atoms with Gasteiger partial charge in [-0.25, -0.2) is 0 Å². The van der Waals surface area contributed by atoms with Gasteiger partial charge >= 0.3 is 0 Å². The van der Waals surface area contributed by atoms with Crippen LogP contribution in [0.2, 0.25) is 0 Å². The van der Waals surface area contributed by atoms with Gasteiger partial charge in [-0.1, -0.05) is 58.2 Å². The van der Waals surface area contributed by atoms with Gasteiger partial charge in [0.1, 0.15) is 0 Å². The van der Waals surface area contributed by atoms with Crippen molar-refractivity contribution in [2.24, 2.45) is 5.41 Å². The van der Waals surface area contributed by atoms with Crippen LogP contribution in [-0.2, 0) is 16.1 Å². The van der Waals surface area contributed by atoms with Gasteiger partial charge in [0.05, 0.1) is 0 Å². The van der Waals surface area contributed by atoms with E-state index >= 15 is 0 Å². The summed E-state index contributed by atoms with van der Waals surface area (Å²) in [4.78, 5) is 26.6. The fraction of sp³-hybridized carbons (Fsp3) is 0.636. The first kappa shape index (κ1) is 21.4. The number of benzene rings is 1. The molecule has 0 aliphatic heterocycles. The number of nitrogens with one attached hydrogen (secondary N) is 2. The standard InChI is InChI=1S/C22H35N3O2/c1-22(2,3)21(27)23-15-14-20(26)24-19-13-9-8-10-17(19)16-25(4)18-11-6-5-7-12-18/h8-10,13,18H,5-7,11-12,14-16H2,1-4H3,(H,23,27)(H,24,26). The first-order valence-electron chi connectivity index (χ1n) is 10.1. The molecule has 0 radical (unpaired) electrons. The summed E-state index contributed by atoms with van der Waals surface area (Å²) in [6.45, 7) is 6.78. The Morgan fingerprint density at radius 3 is 2.44 bits per heavy atom. The fourth-order valence-electron chi connectivity index (χ4n) is 3.47. The van der Waals surface area contributed by atoms with E-state index in [1.54, 1.807) is 0 Å². The highest BCUT2D eigenvalue weighted by Gasteiger charge is 2.21. The van der Waals surface area contributed by atoms with Crippen LogP contribution in [0.5, 0.6) is 0 Å². The van der Waals surface area contributed by atoms with Gasteiger partial charge in [0.15, 0.2) is 0 Å². The molecule has 150 valence electrons. The van der Waals surface area contributed by atoms with Crippen LogP contribution in [0.25, 0.3) is 0 Å². The third-order valence-electron chi connectivity index (χ3n) is 5.23. The Bertz CT molecular complexity index is 631. The van der Waals surface area contributed by atoms with E-state index in [4.69, 9.17) is 0 Å². The van der Waals surface area contributed by atoms with Gasteiger partial charge in [-0.2, -0.15) is 0 Å². The van der Waals surface area contributed by atoms with Crippen molar-refractivity contribution >= 4 is 17.5 Å². The highest BCUT2D eigenvalue weighted by molar-refractivity contribution is 5.92. The second-order valence-corrected chi connectivity index (χ2v) is 8.67. The Labute approximate surface area is 163 Å². The zero-order valence-corrected chi connectivity index (χ0v) is 17.3. The van der Waals surface area contributed by atoms with Crippen molar-refractivity contribution in [2.45, 2.75) is 71.9 Å². The molecule has 2 amide bonds. The Morgan fingerprint density at radius 1 is 1.11 bits per heavy atom.